The molecule has 0 aromatic rings. The van der Waals surface area contributed by atoms with Crippen LogP contribution in [0.2, 0.25) is 0 Å². The highest BCUT2D eigenvalue weighted by Crippen LogP contribution is 2.19. The Kier molecular flexibility index (Phi) is 77.9. The predicted octanol–water partition coefficient (Wildman–Crippen LogP) is 27.8. The molecule has 2 atom stereocenters. The van der Waals surface area contributed by atoms with Crippen LogP contribution in [0.5, 0.6) is 0 Å². The van der Waals surface area contributed by atoms with Crippen molar-refractivity contribution in [3.8, 4) is 0 Å². The number of unbranched alkanes of at least 4 members (excludes halogenated alkanes) is 44. The highest BCUT2D eigenvalue weighted by atomic mass is 16.7. The van der Waals surface area contributed by atoms with Crippen molar-refractivity contribution in [1.82, 2.24) is 0 Å². The van der Waals surface area contributed by atoms with Crippen molar-refractivity contribution >= 4 is 17.9 Å². The lowest BCUT2D eigenvalue weighted by Gasteiger charge is -2.25. The van der Waals surface area contributed by atoms with Crippen molar-refractivity contribution in [2.45, 2.75) is 399 Å². The van der Waals surface area contributed by atoms with Gasteiger partial charge in [0.25, 0.3) is 6.29 Å². The molecular formula is C92H162NO8+. The molecule has 2 unspecified atom stereocenters. The third kappa shape index (κ3) is 82.8. The molecule has 0 rings (SSSR count). The first kappa shape index (κ1) is 96.7. The molecule has 0 fully saturated rings. The van der Waals surface area contributed by atoms with Crippen LogP contribution in [0.25, 0.3) is 0 Å². The minimum absolute atomic E-state index is 0.183. The second-order valence-corrected chi connectivity index (χ2v) is 29.8. The van der Waals surface area contributed by atoms with Gasteiger partial charge in [0.2, 0.25) is 0 Å². The van der Waals surface area contributed by atoms with Gasteiger partial charge in [-0.3, -0.25) is 9.59 Å². The van der Waals surface area contributed by atoms with E-state index in [1.165, 1.54) is 257 Å². The zero-order valence-corrected chi connectivity index (χ0v) is 66.8. The first-order chi connectivity index (χ1) is 49.6. The van der Waals surface area contributed by atoms with Crippen LogP contribution in [0.1, 0.15) is 386 Å². The van der Waals surface area contributed by atoms with E-state index >= 15 is 0 Å². The molecule has 0 bridgehead atoms. The number of carboxylic acid groups (broad SMARTS) is 1. The minimum Gasteiger partial charge on any atom is -0.477 e. The fourth-order valence-electron chi connectivity index (χ4n) is 12.2. The lowest BCUT2D eigenvalue weighted by Crippen LogP contribution is -2.40. The van der Waals surface area contributed by atoms with E-state index in [1.807, 2.05) is 21.1 Å². The molecule has 101 heavy (non-hydrogen) atoms. The standard InChI is InChI=1S/C92H161NO8/c1-6-8-10-12-14-16-18-20-22-24-26-28-30-32-34-36-38-40-42-43-44-45-46-47-49-51-53-55-57-59-61-63-65-67-69-71-73-75-77-79-81-83-90(95)101-88(87-100-92(91(96)97)98-85-84-93(3,4)5)86-99-89(94)82-80-78-76-74-72-70-68-66-64-62-60-58-56-54-52-50-48-41-39-37-35-33-31-29-27-25-23-21-19-17-15-13-11-9-7-2/h8,10,14,16,20,22,25-28,32,34,38,40,43-44,46-47,51,53,88,92H,6-7,9,11-13,15,17-19,21,23-24,29-31,33,35-37,39,41-42,45,48-50,52,54-87H2,1-5H3/p+1/b10-8-,16-14-,22-20-,27-25-,28-26-,34-32-,40-38-,44-43-,47-46-,53-51-. The number of carbonyl (C=O) groups is 3. The summed E-state index contributed by atoms with van der Waals surface area (Å²) in [6.45, 7) is 4.81. The quantitative estimate of drug-likeness (QED) is 0.0211. The van der Waals surface area contributed by atoms with Gasteiger partial charge in [0, 0.05) is 12.8 Å². The number of nitrogens with zero attached hydrogens (tertiary/aromatic N) is 1. The molecule has 582 valence electrons. The number of aliphatic carboxylic acids is 1. The Balaban J connectivity index is 4.01. The lowest BCUT2D eigenvalue weighted by atomic mass is 10.0. The fourth-order valence-corrected chi connectivity index (χ4v) is 12.2. The summed E-state index contributed by atoms with van der Waals surface area (Å²) in [7, 11) is 5.99. The third-order valence-electron chi connectivity index (χ3n) is 18.7. The number of esters is 2. The van der Waals surface area contributed by atoms with E-state index in [-0.39, 0.29) is 32.2 Å². The third-order valence-corrected chi connectivity index (χ3v) is 18.7. The molecule has 1 N–H and O–H groups in total. The van der Waals surface area contributed by atoms with Crippen molar-refractivity contribution in [3.05, 3.63) is 122 Å². The lowest BCUT2D eigenvalue weighted by molar-refractivity contribution is -0.870. The Labute approximate surface area is 625 Å². The zero-order chi connectivity index (χ0) is 73.2. The highest BCUT2D eigenvalue weighted by molar-refractivity contribution is 5.71. The number of quaternary nitrogens is 1. The van der Waals surface area contributed by atoms with E-state index in [0.29, 0.717) is 17.4 Å². The van der Waals surface area contributed by atoms with E-state index in [4.69, 9.17) is 18.9 Å². The van der Waals surface area contributed by atoms with Crippen LogP contribution in [0.15, 0.2) is 122 Å². The van der Waals surface area contributed by atoms with Crippen LogP contribution in [-0.2, 0) is 33.3 Å². The molecule has 0 radical (unpaired) electrons. The zero-order valence-electron chi connectivity index (χ0n) is 66.8. The van der Waals surface area contributed by atoms with Gasteiger partial charge in [-0.1, -0.05) is 386 Å². The van der Waals surface area contributed by atoms with Gasteiger partial charge in [0.15, 0.2) is 6.10 Å². The molecule has 0 aliphatic rings. The summed E-state index contributed by atoms with van der Waals surface area (Å²) >= 11 is 0. The van der Waals surface area contributed by atoms with Gasteiger partial charge in [-0.25, -0.2) is 4.79 Å². The van der Waals surface area contributed by atoms with Crippen molar-refractivity contribution in [1.29, 1.82) is 0 Å². The van der Waals surface area contributed by atoms with Crippen LogP contribution in [0, 0.1) is 0 Å². The molecular weight excluding hydrogens is 1250 g/mol. The van der Waals surface area contributed by atoms with Gasteiger partial charge in [0.1, 0.15) is 13.2 Å². The molecule has 0 heterocycles. The predicted molar refractivity (Wildman–Crippen MR) is 438 cm³/mol. The molecule has 9 heteroatoms. The minimum atomic E-state index is -1.52. The summed E-state index contributed by atoms with van der Waals surface area (Å²) in [5, 5.41) is 9.79. The smallest absolute Gasteiger partial charge is 0.361 e. The van der Waals surface area contributed by atoms with Crippen molar-refractivity contribution < 1.29 is 42.9 Å². The van der Waals surface area contributed by atoms with Crippen LogP contribution >= 0.6 is 0 Å². The summed E-state index contributed by atoms with van der Waals surface area (Å²) in [6.07, 6.45) is 114. The number of hydrogen-bond donors (Lipinski definition) is 1. The Bertz CT molecular complexity index is 2090. The van der Waals surface area contributed by atoms with Crippen LogP contribution in [-0.4, -0.2) is 87.4 Å². The molecule has 0 saturated heterocycles. The molecule has 0 saturated carbocycles. The Hall–Kier alpha value is -4.31. The second-order valence-electron chi connectivity index (χ2n) is 29.8. The fraction of sp³-hybridized carbons (Fsp3) is 0.750. The van der Waals surface area contributed by atoms with Crippen LogP contribution < -0.4 is 0 Å². The van der Waals surface area contributed by atoms with Crippen LogP contribution in [0.4, 0.5) is 0 Å². The first-order valence-corrected chi connectivity index (χ1v) is 42.7. The Morgan fingerprint density at radius 3 is 0.851 bits per heavy atom. The van der Waals surface area contributed by atoms with Gasteiger partial charge in [0.05, 0.1) is 34.4 Å². The number of ether oxygens (including phenoxy) is 4. The maximum atomic E-state index is 13.0. The number of carboxylic acids is 1. The summed E-state index contributed by atoms with van der Waals surface area (Å²) < 4.78 is 23.1. The molecule has 9 nitrogen and oxygen atoms in total. The second kappa shape index (κ2) is 81.4. The van der Waals surface area contributed by atoms with E-state index < -0.39 is 24.3 Å². The van der Waals surface area contributed by atoms with Gasteiger partial charge in [-0.2, -0.15) is 0 Å². The molecule has 0 spiro atoms. The largest absolute Gasteiger partial charge is 0.477 e. The Morgan fingerprint density at radius 1 is 0.307 bits per heavy atom. The molecule has 0 aromatic carbocycles. The van der Waals surface area contributed by atoms with Gasteiger partial charge >= 0.3 is 17.9 Å². The average molecular weight is 1410 g/mol. The normalized spacial score (nSPS) is 13.2. The maximum Gasteiger partial charge on any atom is 0.361 e. The molecule has 0 aromatic heterocycles. The molecule has 0 aliphatic heterocycles. The van der Waals surface area contributed by atoms with Gasteiger partial charge in [-0.05, 0) is 109 Å². The molecule has 0 aliphatic carbocycles. The SMILES string of the molecule is CC/C=C\C/C=C\C/C=C\C/C=C\C/C=C\C/C=C\C/C=C\C/C=C\C/C=C\CCCCCCCCCCCCCCCC(=O)OC(COC(=O)CCCCCCCCCCCCCCCCCCCCCCCCC/C=C\CCCCCCCCCC)COC(OCC[N+](C)(C)C)C(=O)O. The maximum absolute atomic E-state index is 13.0. The van der Waals surface area contributed by atoms with E-state index in [1.54, 1.807) is 0 Å². The van der Waals surface area contributed by atoms with Crippen molar-refractivity contribution in [2.75, 3.05) is 47.5 Å². The number of likely N-dealkylation sites (N-methyl/N-ethyl adjacent to an activating group) is 1. The van der Waals surface area contributed by atoms with E-state index in [2.05, 4.69) is 135 Å². The van der Waals surface area contributed by atoms with Crippen molar-refractivity contribution in [2.24, 2.45) is 0 Å². The average Bonchev–Trinajstić information content (AvgIpc) is 1.21. The molecule has 0 amide bonds. The van der Waals surface area contributed by atoms with Crippen molar-refractivity contribution in [3.63, 3.8) is 0 Å². The monoisotopic (exact) mass is 1410 g/mol. The Morgan fingerprint density at radius 2 is 0.564 bits per heavy atom. The van der Waals surface area contributed by atoms with Gasteiger partial charge in [-0.15, -0.1) is 0 Å². The summed E-state index contributed by atoms with van der Waals surface area (Å²) in [5.41, 5.74) is 0. The topological polar surface area (TPSA) is 108 Å². The number of carbonyl (C=O) groups excluding carboxylic acids is 2. The van der Waals surface area contributed by atoms with Gasteiger partial charge < -0.3 is 28.5 Å². The number of hydrogen-bond acceptors (Lipinski definition) is 7. The highest BCUT2D eigenvalue weighted by Gasteiger charge is 2.25. The summed E-state index contributed by atoms with van der Waals surface area (Å²) in [6, 6.07) is 0. The number of allylic oxidation sites excluding steroid dienone is 20. The number of rotatable bonds is 79. The van der Waals surface area contributed by atoms with E-state index in [9.17, 15) is 19.5 Å². The van der Waals surface area contributed by atoms with E-state index in [0.717, 1.165) is 103 Å². The first-order valence-electron chi connectivity index (χ1n) is 42.7. The summed E-state index contributed by atoms with van der Waals surface area (Å²) in [4.78, 5) is 37.8. The summed E-state index contributed by atoms with van der Waals surface area (Å²) in [5.74, 6) is -1.99. The van der Waals surface area contributed by atoms with Crippen LogP contribution in [0.3, 0.4) is 0 Å².